The number of ketones is 1. The molecule has 2 aromatic rings. The van der Waals surface area contributed by atoms with E-state index in [2.05, 4.69) is 15.9 Å². The highest BCUT2D eigenvalue weighted by Crippen LogP contribution is 2.28. The Balaban J connectivity index is 2.19. The lowest BCUT2D eigenvalue weighted by Crippen LogP contribution is -1.97. The summed E-state index contributed by atoms with van der Waals surface area (Å²) >= 11 is 4.95. The van der Waals surface area contributed by atoms with Crippen LogP contribution < -0.4 is 9.47 Å². The maximum Gasteiger partial charge on any atom is 0.186 e. The molecule has 0 amide bonds. The molecule has 0 N–H and O–H groups in total. The molecule has 0 aliphatic carbocycles. The van der Waals surface area contributed by atoms with Gasteiger partial charge in [0.25, 0.3) is 0 Å². The molecule has 0 aliphatic rings. The third-order valence-electron chi connectivity index (χ3n) is 2.65. The Kier molecular flexibility index (Phi) is 4.98. The first-order valence-corrected chi connectivity index (χ1v) is 7.50. The van der Waals surface area contributed by atoms with Gasteiger partial charge in [-0.05, 0) is 52.3 Å². The third kappa shape index (κ3) is 3.49. The van der Waals surface area contributed by atoms with E-state index in [1.807, 2.05) is 11.4 Å². The van der Waals surface area contributed by atoms with E-state index in [1.165, 1.54) is 0 Å². The maximum atomic E-state index is 12.1. The highest BCUT2D eigenvalue weighted by molar-refractivity contribution is 9.10. The van der Waals surface area contributed by atoms with Crippen LogP contribution in [0.5, 0.6) is 11.5 Å². The van der Waals surface area contributed by atoms with Crippen LogP contribution in [0.3, 0.4) is 0 Å². The van der Waals surface area contributed by atoms with Crippen LogP contribution in [0, 0.1) is 0 Å². The first-order valence-electron chi connectivity index (χ1n) is 5.82. The number of allylic oxidation sites excluding steroid dienone is 1. The highest BCUT2D eigenvalue weighted by atomic mass is 79.9. The van der Waals surface area contributed by atoms with Crippen LogP contribution in [0.25, 0.3) is 6.08 Å². The lowest BCUT2D eigenvalue weighted by atomic mass is 10.1. The van der Waals surface area contributed by atoms with Crippen LogP contribution in [-0.2, 0) is 0 Å². The van der Waals surface area contributed by atoms with Crippen molar-refractivity contribution in [2.24, 2.45) is 0 Å². The van der Waals surface area contributed by atoms with E-state index in [0.29, 0.717) is 17.1 Å². The van der Waals surface area contributed by atoms with E-state index in [0.717, 1.165) is 9.35 Å². The summed E-state index contributed by atoms with van der Waals surface area (Å²) in [6.07, 6.45) is 3.36. The second kappa shape index (κ2) is 6.72. The van der Waals surface area contributed by atoms with E-state index in [4.69, 9.17) is 9.47 Å². The largest absolute Gasteiger partial charge is 0.493 e. The number of carbonyl (C=O) groups is 1. The van der Waals surface area contributed by atoms with Crippen LogP contribution >= 0.6 is 27.3 Å². The maximum absolute atomic E-state index is 12.1. The van der Waals surface area contributed by atoms with Crippen LogP contribution in [0.15, 0.2) is 40.2 Å². The highest BCUT2D eigenvalue weighted by Gasteiger charge is 2.08. The Hall–Kier alpha value is -1.59. The van der Waals surface area contributed by atoms with Gasteiger partial charge in [0.15, 0.2) is 17.3 Å². The molecule has 20 heavy (non-hydrogen) atoms. The van der Waals surface area contributed by atoms with Gasteiger partial charge >= 0.3 is 0 Å². The summed E-state index contributed by atoms with van der Waals surface area (Å²) in [4.78, 5) is 13.1. The molecule has 1 aromatic carbocycles. The van der Waals surface area contributed by atoms with Gasteiger partial charge in [-0.1, -0.05) is 0 Å². The molecular weight excluding hydrogens is 340 g/mol. The Morgan fingerprint density at radius 3 is 2.55 bits per heavy atom. The fraction of sp³-hybridized carbons (Fsp3) is 0.133. The number of benzene rings is 1. The zero-order valence-corrected chi connectivity index (χ0v) is 13.5. The minimum absolute atomic E-state index is 0.0736. The Morgan fingerprint density at radius 1 is 1.20 bits per heavy atom. The second-order valence-electron chi connectivity index (χ2n) is 3.93. The van der Waals surface area contributed by atoms with Gasteiger partial charge in [0.2, 0.25) is 0 Å². The number of halogens is 1. The molecule has 1 aromatic heterocycles. The molecule has 0 fully saturated rings. The fourth-order valence-corrected chi connectivity index (χ4v) is 3.00. The third-order valence-corrected chi connectivity index (χ3v) is 4.31. The van der Waals surface area contributed by atoms with Gasteiger partial charge in [0.05, 0.1) is 14.2 Å². The summed E-state index contributed by atoms with van der Waals surface area (Å²) in [5.41, 5.74) is 0.564. The number of ether oxygens (including phenoxy) is 2. The quantitative estimate of drug-likeness (QED) is 0.590. The van der Waals surface area contributed by atoms with Gasteiger partial charge in [0, 0.05) is 20.3 Å². The second-order valence-corrected chi connectivity index (χ2v) is 5.79. The Morgan fingerprint density at radius 2 is 1.95 bits per heavy atom. The molecule has 0 saturated heterocycles. The lowest BCUT2D eigenvalue weighted by Gasteiger charge is -2.07. The first-order chi connectivity index (χ1) is 9.63. The zero-order chi connectivity index (χ0) is 14.5. The van der Waals surface area contributed by atoms with E-state index >= 15 is 0 Å². The normalized spacial score (nSPS) is 10.8. The summed E-state index contributed by atoms with van der Waals surface area (Å²) in [5.74, 6) is 1.08. The monoisotopic (exact) mass is 352 g/mol. The SMILES string of the molecule is COc1ccc(C(=O)C=Cc2cc(Br)cs2)cc1OC. The van der Waals surface area contributed by atoms with Crippen molar-refractivity contribution in [2.75, 3.05) is 14.2 Å². The number of hydrogen-bond acceptors (Lipinski definition) is 4. The Bertz CT molecular complexity index is 646. The van der Waals surface area contributed by atoms with Gasteiger partial charge in [-0.3, -0.25) is 4.79 Å². The van der Waals surface area contributed by atoms with Crippen molar-refractivity contribution < 1.29 is 14.3 Å². The topological polar surface area (TPSA) is 35.5 Å². The molecule has 0 unspecified atom stereocenters. The van der Waals surface area contributed by atoms with E-state index < -0.39 is 0 Å². The first kappa shape index (κ1) is 14.8. The molecule has 0 radical (unpaired) electrons. The smallest absolute Gasteiger partial charge is 0.186 e. The van der Waals surface area contributed by atoms with Crippen LogP contribution in [0.4, 0.5) is 0 Å². The van der Waals surface area contributed by atoms with Crippen molar-refractivity contribution in [3.63, 3.8) is 0 Å². The average molecular weight is 353 g/mol. The summed E-state index contributed by atoms with van der Waals surface area (Å²) in [6.45, 7) is 0. The van der Waals surface area contributed by atoms with Crippen molar-refractivity contribution >= 4 is 39.1 Å². The minimum atomic E-state index is -0.0736. The molecule has 3 nitrogen and oxygen atoms in total. The molecule has 2 rings (SSSR count). The molecular formula is C15H13BrO3S. The predicted molar refractivity (Wildman–Crippen MR) is 84.9 cm³/mol. The van der Waals surface area contributed by atoms with E-state index in [1.54, 1.807) is 55.9 Å². The zero-order valence-electron chi connectivity index (χ0n) is 11.1. The molecule has 0 bridgehead atoms. The molecule has 0 atom stereocenters. The van der Waals surface area contributed by atoms with Crippen molar-refractivity contribution in [3.05, 3.63) is 50.6 Å². The van der Waals surface area contributed by atoms with Gasteiger partial charge in [-0.25, -0.2) is 0 Å². The van der Waals surface area contributed by atoms with Gasteiger partial charge in [0.1, 0.15) is 0 Å². The molecule has 1 heterocycles. The average Bonchev–Trinajstić information content (AvgIpc) is 2.89. The van der Waals surface area contributed by atoms with Crippen LogP contribution in [-0.4, -0.2) is 20.0 Å². The number of methoxy groups -OCH3 is 2. The van der Waals surface area contributed by atoms with Crippen molar-refractivity contribution in [1.29, 1.82) is 0 Å². The predicted octanol–water partition coefficient (Wildman–Crippen LogP) is 4.42. The van der Waals surface area contributed by atoms with Crippen molar-refractivity contribution in [3.8, 4) is 11.5 Å². The summed E-state index contributed by atoms with van der Waals surface area (Å²) in [5, 5.41) is 1.97. The molecule has 104 valence electrons. The number of hydrogen-bond donors (Lipinski definition) is 0. The van der Waals surface area contributed by atoms with E-state index in [9.17, 15) is 4.79 Å². The number of rotatable bonds is 5. The fourth-order valence-electron chi connectivity index (χ4n) is 1.66. The Labute approximate surface area is 130 Å². The molecule has 0 saturated carbocycles. The van der Waals surface area contributed by atoms with E-state index in [-0.39, 0.29) is 5.78 Å². The summed E-state index contributed by atoms with van der Waals surface area (Å²) < 4.78 is 11.3. The van der Waals surface area contributed by atoms with Gasteiger partial charge < -0.3 is 9.47 Å². The molecule has 5 heteroatoms. The number of carbonyl (C=O) groups excluding carboxylic acids is 1. The summed E-state index contributed by atoms with van der Waals surface area (Å²) in [7, 11) is 3.11. The van der Waals surface area contributed by atoms with Crippen molar-refractivity contribution in [1.82, 2.24) is 0 Å². The summed E-state index contributed by atoms with van der Waals surface area (Å²) in [6, 6.07) is 7.08. The van der Waals surface area contributed by atoms with Gasteiger partial charge in [-0.15, -0.1) is 11.3 Å². The number of thiophene rings is 1. The minimum Gasteiger partial charge on any atom is -0.493 e. The van der Waals surface area contributed by atoms with Crippen LogP contribution in [0.2, 0.25) is 0 Å². The van der Waals surface area contributed by atoms with Gasteiger partial charge in [-0.2, -0.15) is 0 Å². The van der Waals surface area contributed by atoms with Crippen molar-refractivity contribution in [2.45, 2.75) is 0 Å². The van der Waals surface area contributed by atoms with Crippen LogP contribution in [0.1, 0.15) is 15.2 Å². The lowest BCUT2D eigenvalue weighted by molar-refractivity contribution is 0.104. The standard InChI is InChI=1S/C15H13BrO3S/c1-18-14-6-3-10(7-15(14)19-2)13(17)5-4-12-8-11(16)9-20-12/h3-9H,1-2H3. The molecule has 0 aliphatic heterocycles. The molecule has 0 spiro atoms.